The summed E-state index contributed by atoms with van der Waals surface area (Å²) in [5, 5.41) is 3.90. The molecule has 4 rings (SSSR count). The summed E-state index contributed by atoms with van der Waals surface area (Å²) in [5.74, 6) is -2.75. The Hall–Kier alpha value is -3.76. The second kappa shape index (κ2) is 7.25. The highest BCUT2D eigenvalue weighted by Crippen LogP contribution is 2.27. The van der Waals surface area contributed by atoms with Crippen LogP contribution in [0.1, 0.15) is 11.4 Å². The Bertz CT molecular complexity index is 1300. The molecule has 154 valence electrons. The fourth-order valence-corrected chi connectivity index (χ4v) is 2.93. The Morgan fingerprint density at radius 3 is 2.60 bits per heavy atom. The highest BCUT2D eigenvalue weighted by atomic mass is 19.4. The summed E-state index contributed by atoms with van der Waals surface area (Å²) in [7, 11) is 0. The van der Waals surface area contributed by atoms with Gasteiger partial charge in [-0.05, 0) is 18.2 Å². The van der Waals surface area contributed by atoms with Gasteiger partial charge in [0.1, 0.15) is 22.6 Å². The molecule has 11 heteroatoms. The molecule has 0 amide bonds. The molecule has 4 aromatic rings. The van der Waals surface area contributed by atoms with E-state index in [2.05, 4.69) is 19.8 Å². The monoisotopic (exact) mass is 422 g/mol. The number of ether oxygens (including phenoxy) is 1. The maximum atomic E-state index is 14.2. The second-order valence-electron chi connectivity index (χ2n) is 6.21. The first-order chi connectivity index (χ1) is 14.2. The van der Waals surface area contributed by atoms with Gasteiger partial charge in [0.15, 0.2) is 17.3 Å². The van der Waals surface area contributed by atoms with E-state index in [1.807, 2.05) is 0 Å². The minimum Gasteiger partial charge on any atom is -0.405 e. The van der Waals surface area contributed by atoms with Gasteiger partial charge in [-0.25, -0.2) is 18.4 Å². The van der Waals surface area contributed by atoms with E-state index in [4.69, 9.17) is 0 Å². The van der Waals surface area contributed by atoms with Crippen molar-refractivity contribution in [1.29, 1.82) is 0 Å². The quantitative estimate of drug-likeness (QED) is 0.507. The Balaban J connectivity index is 1.80. The Morgan fingerprint density at radius 1 is 1.07 bits per heavy atom. The molecule has 0 saturated heterocycles. The summed E-state index contributed by atoms with van der Waals surface area (Å²) in [5.41, 5.74) is -0.866. The predicted molar refractivity (Wildman–Crippen MR) is 95.3 cm³/mol. The number of benzene rings is 2. The molecule has 0 aliphatic heterocycles. The molecule has 30 heavy (non-hydrogen) atoms. The van der Waals surface area contributed by atoms with Gasteiger partial charge in [-0.1, -0.05) is 24.3 Å². The smallest absolute Gasteiger partial charge is 0.405 e. The lowest BCUT2D eigenvalue weighted by molar-refractivity contribution is -0.274. The van der Waals surface area contributed by atoms with Gasteiger partial charge in [0.25, 0.3) is 5.56 Å². The van der Waals surface area contributed by atoms with E-state index in [9.17, 15) is 26.7 Å². The van der Waals surface area contributed by atoms with E-state index in [1.165, 1.54) is 30.3 Å². The fourth-order valence-electron chi connectivity index (χ4n) is 2.93. The van der Waals surface area contributed by atoms with Gasteiger partial charge in [0.05, 0.1) is 6.20 Å². The van der Waals surface area contributed by atoms with Crippen LogP contribution in [0.5, 0.6) is 5.75 Å². The summed E-state index contributed by atoms with van der Waals surface area (Å²) < 4.78 is 70.6. The molecule has 1 N–H and O–H groups in total. The van der Waals surface area contributed by atoms with Gasteiger partial charge in [0, 0.05) is 12.0 Å². The molecule has 0 aliphatic rings. The average Bonchev–Trinajstić information content (AvgIpc) is 3.09. The zero-order chi connectivity index (χ0) is 21.5. The number of aromatic amines is 1. The summed E-state index contributed by atoms with van der Waals surface area (Å²) in [6.45, 7) is 0. The number of rotatable bonds is 4. The molecule has 0 fully saturated rings. The molecule has 0 radical (unpaired) electrons. The molecular weight excluding hydrogens is 411 g/mol. The number of hydrogen-bond donors (Lipinski definition) is 1. The number of H-pyrrole nitrogens is 1. The third kappa shape index (κ3) is 3.73. The molecular formula is C19H11F5N4O2. The third-order valence-electron chi connectivity index (χ3n) is 4.20. The first-order valence-corrected chi connectivity index (χ1v) is 8.48. The molecule has 2 heterocycles. The van der Waals surface area contributed by atoms with Gasteiger partial charge in [-0.3, -0.25) is 4.79 Å². The molecule has 0 unspecified atom stereocenters. The van der Waals surface area contributed by atoms with Gasteiger partial charge in [-0.2, -0.15) is 5.10 Å². The maximum absolute atomic E-state index is 14.2. The number of halogens is 5. The first-order valence-electron chi connectivity index (χ1n) is 8.48. The van der Waals surface area contributed by atoms with Crippen molar-refractivity contribution in [2.45, 2.75) is 12.8 Å². The Kier molecular flexibility index (Phi) is 4.72. The Labute approximate surface area is 164 Å². The van der Waals surface area contributed by atoms with E-state index < -0.39 is 29.3 Å². The molecule has 2 aromatic heterocycles. The standard InChI is InChI=1S/C19H11F5N4O2/c20-12-5-3-6-13(16(12)21)28-17-11(9-25-28)18(29)27-15(26-17)8-10-4-1-2-7-14(10)30-19(22,23)24/h1-7,9H,8H2,(H,26,27,29). The van der Waals surface area contributed by atoms with Crippen molar-refractivity contribution in [3.63, 3.8) is 0 Å². The van der Waals surface area contributed by atoms with Crippen molar-refractivity contribution in [3.05, 3.63) is 82.0 Å². The molecule has 6 nitrogen and oxygen atoms in total. The molecule has 0 bridgehead atoms. The minimum atomic E-state index is -4.89. The van der Waals surface area contributed by atoms with E-state index in [1.54, 1.807) is 0 Å². The molecule has 0 spiro atoms. The van der Waals surface area contributed by atoms with Crippen molar-refractivity contribution in [3.8, 4) is 11.4 Å². The maximum Gasteiger partial charge on any atom is 0.573 e. The summed E-state index contributed by atoms with van der Waals surface area (Å²) in [6, 6.07) is 8.82. The van der Waals surface area contributed by atoms with Crippen LogP contribution in [0, 0.1) is 11.6 Å². The van der Waals surface area contributed by atoms with Gasteiger partial charge >= 0.3 is 6.36 Å². The SMILES string of the molecule is O=c1[nH]c(Cc2ccccc2OC(F)(F)F)nc2c1cnn2-c1cccc(F)c1F. The van der Waals surface area contributed by atoms with Crippen molar-refractivity contribution < 1.29 is 26.7 Å². The fraction of sp³-hybridized carbons (Fsp3) is 0.105. The van der Waals surface area contributed by atoms with E-state index in [-0.39, 0.29) is 34.5 Å². The van der Waals surface area contributed by atoms with Crippen LogP contribution in [0.3, 0.4) is 0 Å². The second-order valence-corrected chi connectivity index (χ2v) is 6.21. The summed E-state index contributed by atoms with van der Waals surface area (Å²) >= 11 is 0. The van der Waals surface area contributed by atoms with Gasteiger partial charge < -0.3 is 9.72 Å². The van der Waals surface area contributed by atoms with Crippen LogP contribution in [0.25, 0.3) is 16.7 Å². The third-order valence-corrected chi connectivity index (χ3v) is 4.20. The van der Waals surface area contributed by atoms with Gasteiger partial charge in [-0.15, -0.1) is 13.2 Å². The number of aromatic nitrogens is 4. The van der Waals surface area contributed by atoms with Crippen LogP contribution < -0.4 is 10.3 Å². The van der Waals surface area contributed by atoms with Crippen LogP contribution in [-0.4, -0.2) is 26.1 Å². The minimum absolute atomic E-state index is 0.00207. The van der Waals surface area contributed by atoms with Crippen molar-refractivity contribution in [2.75, 3.05) is 0 Å². The topological polar surface area (TPSA) is 72.8 Å². The first kappa shape index (κ1) is 19.6. The molecule has 0 atom stereocenters. The zero-order valence-corrected chi connectivity index (χ0v) is 14.9. The molecule has 0 saturated carbocycles. The lowest BCUT2D eigenvalue weighted by Gasteiger charge is -2.13. The van der Waals surface area contributed by atoms with Crippen molar-refractivity contribution in [2.24, 2.45) is 0 Å². The van der Waals surface area contributed by atoms with Gasteiger partial charge in [0.2, 0.25) is 0 Å². The molecule has 0 aliphatic carbocycles. The lowest BCUT2D eigenvalue weighted by Crippen LogP contribution is -2.18. The van der Waals surface area contributed by atoms with Crippen LogP contribution >= 0.6 is 0 Å². The van der Waals surface area contributed by atoms with Crippen LogP contribution in [0.15, 0.2) is 53.5 Å². The number of para-hydroxylation sites is 1. The number of alkyl halides is 3. The van der Waals surface area contributed by atoms with Crippen molar-refractivity contribution >= 4 is 11.0 Å². The van der Waals surface area contributed by atoms with E-state index in [0.717, 1.165) is 23.0 Å². The summed E-state index contributed by atoms with van der Waals surface area (Å²) in [6.07, 6.45) is -3.97. The number of fused-ring (bicyclic) bond motifs is 1. The number of nitrogens with one attached hydrogen (secondary N) is 1. The number of nitrogens with zero attached hydrogens (tertiary/aromatic N) is 3. The van der Waals surface area contributed by atoms with Crippen LogP contribution in [0.4, 0.5) is 22.0 Å². The van der Waals surface area contributed by atoms with E-state index in [0.29, 0.717) is 0 Å². The zero-order valence-electron chi connectivity index (χ0n) is 14.9. The summed E-state index contributed by atoms with van der Waals surface area (Å²) in [4.78, 5) is 19.0. The normalized spacial score (nSPS) is 11.8. The lowest BCUT2D eigenvalue weighted by atomic mass is 10.1. The van der Waals surface area contributed by atoms with Crippen molar-refractivity contribution in [1.82, 2.24) is 19.7 Å². The average molecular weight is 422 g/mol. The highest BCUT2D eigenvalue weighted by molar-refractivity contribution is 5.75. The highest BCUT2D eigenvalue weighted by Gasteiger charge is 2.32. The largest absolute Gasteiger partial charge is 0.573 e. The van der Waals surface area contributed by atoms with Crippen LogP contribution in [0.2, 0.25) is 0 Å². The molecule has 2 aromatic carbocycles. The van der Waals surface area contributed by atoms with Crippen LogP contribution in [-0.2, 0) is 6.42 Å². The Morgan fingerprint density at radius 2 is 1.83 bits per heavy atom. The number of hydrogen-bond acceptors (Lipinski definition) is 4. The van der Waals surface area contributed by atoms with E-state index >= 15 is 0 Å². The predicted octanol–water partition coefficient (Wildman–Crippen LogP) is 3.88.